The zero-order chi connectivity index (χ0) is 59.8. The maximum absolute atomic E-state index is 2.88. The van der Waals surface area contributed by atoms with Crippen LogP contribution in [0.25, 0.3) is 38.8 Å². The van der Waals surface area contributed by atoms with Gasteiger partial charge in [-0.05, 0) is 165 Å². The number of aromatic nitrogens is 1. The highest BCUT2D eigenvalue weighted by atomic mass is 15.3. The molecule has 16 rings (SSSR count). The summed E-state index contributed by atoms with van der Waals surface area (Å²) in [6, 6.07) is 63.5. The lowest BCUT2D eigenvalue weighted by Crippen LogP contribution is -2.61. The van der Waals surface area contributed by atoms with Crippen molar-refractivity contribution in [2.45, 2.75) is 199 Å². The van der Waals surface area contributed by atoms with Gasteiger partial charge >= 0.3 is 0 Å². The first-order valence-electron chi connectivity index (χ1n) is 32.8. The zero-order valence-corrected chi connectivity index (χ0v) is 54.0. The van der Waals surface area contributed by atoms with E-state index in [0.717, 1.165) is 12.8 Å². The van der Waals surface area contributed by atoms with Crippen molar-refractivity contribution in [1.82, 2.24) is 4.57 Å². The summed E-state index contributed by atoms with van der Waals surface area (Å²) >= 11 is 0. The van der Waals surface area contributed by atoms with Crippen molar-refractivity contribution in [3.8, 4) is 27.9 Å². The zero-order valence-electron chi connectivity index (χ0n) is 54.0. The van der Waals surface area contributed by atoms with Crippen LogP contribution in [0.3, 0.4) is 0 Å². The lowest BCUT2D eigenvalue weighted by molar-refractivity contribution is 0.195. The molecule has 8 aromatic carbocycles. The van der Waals surface area contributed by atoms with Gasteiger partial charge in [0.2, 0.25) is 0 Å². The van der Waals surface area contributed by atoms with Crippen LogP contribution in [0, 0.1) is 0 Å². The maximum atomic E-state index is 2.88. The van der Waals surface area contributed by atoms with Gasteiger partial charge in [0.15, 0.2) is 0 Å². The SMILES string of the molecule is CC(C)(C)c1ccc2c(c1)C1(C)CCCCC1(C)N2c1ccc2c(c1)N(c1ccccc1-c1ccccc1)c1cc(N3c4ccc(C(C)(C)C)cc4C4(C)CCCCC34C)cc3c1B2c1cc(C(C)(C)C)cc2c4c(n-3c12)C(C)(C)c1ccccc1-4. The molecule has 5 heterocycles. The van der Waals surface area contributed by atoms with Crippen molar-refractivity contribution in [2.75, 3.05) is 14.7 Å². The Morgan fingerprint density at radius 3 is 1.56 bits per heavy atom. The standard InChI is InChI=1S/C81H87BN4/c1-74(2,3)51-33-37-65-60(44-51)78(12)39-23-25-41-80(78,14)85(65)54-35-36-62-67(47-54)83(64-32-22-20-29-56(64)50-27-17-16-18-28-50)68-48-55(86-66-38-34-52(75(4,5)6)45-61(66)79(13)40-24-26-42-81(79,86)15)49-69-71(68)82(62)63-46-53(76(7,8)9)43-58-70-57-30-19-21-31-59(57)77(10,11)73(70)84(69)72(58)63/h16-22,27-38,43-49H,23-26,39-42H2,1-15H3. The molecule has 2 fully saturated rings. The van der Waals surface area contributed by atoms with Gasteiger partial charge in [-0.3, -0.25) is 0 Å². The van der Waals surface area contributed by atoms with Gasteiger partial charge in [0.25, 0.3) is 6.71 Å². The largest absolute Gasteiger partial charge is 0.334 e. The van der Waals surface area contributed by atoms with Crippen LogP contribution in [0.1, 0.15) is 194 Å². The van der Waals surface area contributed by atoms with Gasteiger partial charge in [-0.2, -0.15) is 0 Å². The van der Waals surface area contributed by atoms with Crippen molar-refractivity contribution < 1.29 is 0 Å². The van der Waals surface area contributed by atoms with Crippen molar-refractivity contribution in [1.29, 1.82) is 0 Å². The Morgan fingerprint density at radius 2 is 0.942 bits per heavy atom. The lowest BCUT2D eigenvalue weighted by Gasteiger charge is -2.51. The molecule has 7 aliphatic rings. The Bertz CT molecular complexity index is 4380. The fraction of sp³-hybridized carbons (Fsp3) is 0.383. The predicted molar refractivity (Wildman–Crippen MR) is 367 cm³/mol. The number of para-hydroxylation sites is 1. The summed E-state index contributed by atoms with van der Waals surface area (Å²) in [5.41, 5.74) is 30.6. The molecule has 4 nitrogen and oxygen atoms in total. The van der Waals surface area contributed by atoms with Crippen LogP contribution in [0.5, 0.6) is 0 Å². The fourth-order valence-electron chi connectivity index (χ4n) is 18.7. The summed E-state index contributed by atoms with van der Waals surface area (Å²) in [5.74, 6) is 0. The molecule has 0 N–H and O–H groups in total. The Labute approximate surface area is 513 Å². The van der Waals surface area contributed by atoms with E-state index >= 15 is 0 Å². The van der Waals surface area contributed by atoms with Crippen LogP contribution in [0.15, 0.2) is 158 Å². The molecule has 1 aromatic heterocycles. The minimum atomic E-state index is -0.276. The molecule has 4 unspecified atom stereocenters. The second-order valence-corrected chi connectivity index (χ2v) is 32.0. The van der Waals surface area contributed by atoms with E-state index in [1.54, 1.807) is 0 Å². The molecule has 2 saturated carbocycles. The molecule has 3 aliphatic carbocycles. The second kappa shape index (κ2) is 17.5. The number of rotatable bonds is 4. The van der Waals surface area contributed by atoms with Gasteiger partial charge < -0.3 is 19.3 Å². The van der Waals surface area contributed by atoms with E-state index in [-0.39, 0.29) is 50.3 Å². The van der Waals surface area contributed by atoms with Crippen LogP contribution in [-0.4, -0.2) is 22.4 Å². The molecule has 0 saturated heterocycles. The average Bonchev–Trinajstić information content (AvgIpc) is 1.43. The third-order valence-corrected chi connectivity index (χ3v) is 23.9. The van der Waals surface area contributed by atoms with E-state index in [9.17, 15) is 0 Å². The highest BCUT2D eigenvalue weighted by Crippen LogP contribution is 2.65. The summed E-state index contributed by atoms with van der Waals surface area (Å²) in [6.45, 7) is 37.0. The molecule has 9 aromatic rings. The van der Waals surface area contributed by atoms with Crippen molar-refractivity contribution in [3.63, 3.8) is 0 Å². The monoisotopic (exact) mass is 1130 g/mol. The van der Waals surface area contributed by atoms with Crippen molar-refractivity contribution >= 4 is 73.8 Å². The van der Waals surface area contributed by atoms with Crippen LogP contribution in [-0.2, 0) is 32.5 Å². The molecular weight excluding hydrogens is 1040 g/mol. The molecule has 0 bridgehead atoms. The van der Waals surface area contributed by atoms with E-state index in [4.69, 9.17) is 0 Å². The van der Waals surface area contributed by atoms with E-state index in [2.05, 4.69) is 281 Å². The van der Waals surface area contributed by atoms with Crippen LogP contribution >= 0.6 is 0 Å². The first kappa shape index (κ1) is 54.2. The van der Waals surface area contributed by atoms with Crippen molar-refractivity contribution in [2.24, 2.45) is 0 Å². The Morgan fingerprint density at radius 1 is 0.407 bits per heavy atom. The van der Waals surface area contributed by atoms with Gasteiger partial charge in [0, 0.05) is 83.8 Å². The molecule has 0 radical (unpaired) electrons. The summed E-state index contributed by atoms with van der Waals surface area (Å²) in [6.07, 6.45) is 9.56. The fourth-order valence-corrected chi connectivity index (χ4v) is 18.7. The first-order chi connectivity index (χ1) is 40.8. The Balaban J connectivity index is 1.06. The van der Waals surface area contributed by atoms with Crippen LogP contribution < -0.4 is 31.1 Å². The number of nitrogens with zero attached hydrogens (tertiary/aromatic N) is 4. The van der Waals surface area contributed by atoms with E-state index in [1.165, 1.54) is 173 Å². The average molecular weight is 1130 g/mol. The summed E-state index contributed by atoms with van der Waals surface area (Å²) in [7, 11) is 0. The molecule has 5 heteroatoms. The normalized spacial score (nSPS) is 23.8. The molecule has 0 spiro atoms. The van der Waals surface area contributed by atoms with Crippen molar-refractivity contribution in [3.05, 3.63) is 197 Å². The third-order valence-electron chi connectivity index (χ3n) is 23.9. The lowest BCUT2D eigenvalue weighted by atomic mass is 9.33. The number of benzene rings is 8. The second-order valence-electron chi connectivity index (χ2n) is 32.0. The quantitative estimate of drug-likeness (QED) is 0.163. The highest BCUT2D eigenvalue weighted by molar-refractivity contribution is 7.00. The molecule has 4 atom stereocenters. The highest BCUT2D eigenvalue weighted by Gasteiger charge is 2.60. The van der Waals surface area contributed by atoms with Crippen LogP contribution in [0.2, 0.25) is 0 Å². The number of anilines is 7. The van der Waals surface area contributed by atoms with Gasteiger partial charge in [-0.15, -0.1) is 0 Å². The molecule has 0 amide bonds. The summed E-state index contributed by atoms with van der Waals surface area (Å²) in [5, 5.41) is 1.38. The summed E-state index contributed by atoms with van der Waals surface area (Å²) < 4.78 is 2.83. The smallest absolute Gasteiger partial charge is 0.252 e. The van der Waals surface area contributed by atoms with Crippen LogP contribution in [0.4, 0.5) is 39.8 Å². The Kier molecular flexibility index (Phi) is 11.0. The molecule has 434 valence electrons. The number of hydrogen-bond donors (Lipinski definition) is 0. The number of fused-ring (bicyclic) bond motifs is 15. The number of hydrogen-bond acceptors (Lipinski definition) is 3. The van der Waals surface area contributed by atoms with E-state index in [0.29, 0.717) is 0 Å². The first-order valence-corrected chi connectivity index (χ1v) is 32.8. The van der Waals surface area contributed by atoms with E-state index in [1.807, 2.05) is 0 Å². The summed E-state index contributed by atoms with van der Waals surface area (Å²) in [4.78, 5) is 8.48. The topological polar surface area (TPSA) is 14.7 Å². The maximum Gasteiger partial charge on any atom is 0.252 e. The van der Waals surface area contributed by atoms with Gasteiger partial charge in [-0.25, -0.2) is 0 Å². The molecule has 4 aliphatic heterocycles. The van der Waals surface area contributed by atoms with E-state index < -0.39 is 0 Å². The Hall–Kier alpha value is -7.24. The molecular formula is C81H87BN4. The van der Waals surface area contributed by atoms with Gasteiger partial charge in [0.1, 0.15) is 0 Å². The minimum absolute atomic E-state index is 0.0162. The molecule has 86 heavy (non-hydrogen) atoms. The minimum Gasteiger partial charge on any atom is -0.334 e. The van der Waals surface area contributed by atoms with Gasteiger partial charge in [-0.1, -0.05) is 225 Å². The van der Waals surface area contributed by atoms with Gasteiger partial charge in [0.05, 0.1) is 16.8 Å². The third kappa shape index (κ3) is 6.95. The predicted octanol–water partition coefficient (Wildman–Crippen LogP) is 19.6.